The lowest BCUT2D eigenvalue weighted by atomic mass is 10.1. The van der Waals surface area contributed by atoms with Crippen molar-refractivity contribution in [2.75, 3.05) is 23.7 Å². The van der Waals surface area contributed by atoms with Gasteiger partial charge in [-0.2, -0.15) is 0 Å². The van der Waals surface area contributed by atoms with Crippen molar-refractivity contribution >= 4 is 17.3 Å². The number of primary amides is 1. The van der Waals surface area contributed by atoms with Gasteiger partial charge in [0, 0.05) is 18.7 Å². The molecule has 0 radical (unpaired) electrons. The van der Waals surface area contributed by atoms with E-state index in [0.29, 0.717) is 5.56 Å². The van der Waals surface area contributed by atoms with Crippen LogP contribution in [0.4, 0.5) is 11.4 Å². The third-order valence-corrected chi connectivity index (χ3v) is 3.26. The molecule has 4 heteroatoms. The number of rotatable bonds is 2. The van der Waals surface area contributed by atoms with Crippen molar-refractivity contribution in [2.45, 2.75) is 25.7 Å². The molecule has 0 unspecified atom stereocenters. The van der Waals surface area contributed by atoms with E-state index >= 15 is 0 Å². The normalized spacial score (nSPS) is 16.6. The fourth-order valence-corrected chi connectivity index (χ4v) is 2.28. The molecule has 1 aliphatic rings. The van der Waals surface area contributed by atoms with Gasteiger partial charge in [-0.05, 0) is 31.0 Å². The highest BCUT2D eigenvalue weighted by molar-refractivity contribution is 5.95. The average Bonchev–Trinajstić information content (AvgIpc) is 2.58. The number of carbonyl (C=O) groups excluding carboxylic acids is 1. The second-order valence-electron chi connectivity index (χ2n) is 4.54. The number of anilines is 2. The number of benzene rings is 1. The molecule has 17 heavy (non-hydrogen) atoms. The van der Waals surface area contributed by atoms with E-state index in [9.17, 15) is 4.79 Å². The van der Waals surface area contributed by atoms with Crippen molar-refractivity contribution in [3.63, 3.8) is 0 Å². The largest absolute Gasteiger partial charge is 0.397 e. The van der Waals surface area contributed by atoms with E-state index in [2.05, 4.69) is 4.90 Å². The van der Waals surface area contributed by atoms with E-state index in [1.54, 1.807) is 12.1 Å². The number of amides is 1. The summed E-state index contributed by atoms with van der Waals surface area (Å²) >= 11 is 0. The van der Waals surface area contributed by atoms with Crippen LogP contribution >= 0.6 is 0 Å². The van der Waals surface area contributed by atoms with Crippen molar-refractivity contribution in [2.24, 2.45) is 5.73 Å². The summed E-state index contributed by atoms with van der Waals surface area (Å²) in [5, 5.41) is 0. The van der Waals surface area contributed by atoms with Gasteiger partial charge in [0.15, 0.2) is 0 Å². The zero-order chi connectivity index (χ0) is 12.3. The molecule has 4 nitrogen and oxygen atoms in total. The van der Waals surface area contributed by atoms with Gasteiger partial charge in [-0.1, -0.05) is 12.8 Å². The highest BCUT2D eigenvalue weighted by atomic mass is 16.1. The molecule has 0 spiro atoms. The van der Waals surface area contributed by atoms with Gasteiger partial charge in [-0.25, -0.2) is 0 Å². The van der Waals surface area contributed by atoms with E-state index < -0.39 is 5.91 Å². The average molecular weight is 233 g/mol. The van der Waals surface area contributed by atoms with E-state index in [1.165, 1.54) is 25.7 Å². The van der Waals surface area contributed by atoms with Crippen LogP contribution in [-0.4, -0.2) is 19.0 Å². The highest BCUT2D eigenvalue weighted by Gasteiger charge is 2.14. The zero-order valence-corrected chi connectivity index (χ0v) is 9.98. The van der Waals surface area contributed by atoms with Crippen LogP contribution in [0.2, 0.25) is 0 Å². The monoisotopic (exact) mass is 233 g/mol. The van der Waals surface area contributed by atoms with Crippen LogP contribution in [0.1, 0.15) is 36.0 Å². The summed E-state index contributed by atoms with van der Waals surface area (Å²) in [4.78, 5) is 13.4. The Bertz CT molecular complexity index is 409. The first kappa shape index (κ1) is 11.8. The van der Waals surface area contributed by atoms with Crippen LogP contribution in [0.25, 0.3) is 0 Å². The zero-order valence-electron chi connectivity index (χ0n) is 9.98. The van der Waals surface area contributed by atoms with Crippen LogP contribution < -0.4 is 16.4 Å². The predicted octanol–water partition coefficient (Wildman–Crippen LogP) is 1.75. The minimum Gasteiger partial charge on any atom is -0.397 e. The Morgan fingerprint density at radius 3 is 2.35 bits per heavy atom. The van der Waals surface area contributed by atoms with Crippen LogP contribution in [0.3, 0.4) is 0 Å². The molecule has 1 heterocycles. The lowest BCUT2D eigenvalue weighted by Gasteiger charge is -2.24. The Hall–Kier alpha value is -1.71. The first-order valence-electron chi connectivity index (χ1n) is 6.13. The molecule has 0 aromatic heterocycles. The SMILES string of the molecule is NC(=O)c1ccc(N)c(N2CCCCCC2)c1. The maximum absolute atomic E-state index is 11.2. The Kier molecular flexibility index (Phi) is 3.52. The molecule has 1 aromatic rings. The molecule has 4 N–H and O–H groups in total. The van der Waals surface area contributed by atoms with Gasteiger partial charge >= 0.3 is 0 Å². The Morgan fingerprint density at radius 1 is 1.12 bits per heavy atom. The van der Waals surface area contributed by atoms with E-state index in [0.717, 1.165) is 24.5 Å². The first-order chi connectivity index (χ1) is 8.18. The van der Waals surface area contributed by atoms with E-state index in [1.807, 2.05) is 6.07 Å². The Balaban J connectivity index is 2.28. The topological polar surface area (TPSA) is 72.3 Å². The summed E-state index contributed by atoms with van der Waals surface area (Å²) in [6.45, 7) is 2.01. The number of nitrogens with zero attached hydrogens (tertiary/aromatic N) is 1. The first-order valence-corrected chi connectivity index (χ1v) is 6.13. The lowest BCUT2D eigenvalue weighted by Crippen LogP contribution is -2.25. The molecular weight excluding hydrogens is 214 g/mol. The van der Waals surface area contributed by atoms with Crippen molar-refractivity contribution in [3.05, 3.63) is 23.8 Å². The van der Waals surface area contributed by atoms with Crippen molar-refractivity contribution in [1.82, 2.24) is 0 Å². The van der Waals surface area contributed by atoms with E-state index in [-0.39, 0.29) is 0 Å². The maximum Gasteiger partial charge on any atom is 0.248 e. The fourth-order valence-electron chi connectivity index (χ4n) is 2.28. The molecular formula is C13H19N3O. The summed E-state index contributed by atoms with van der Waals surface area (Å²) in [7, 11) is 0. The van der Waals surface area contributed by atoms with Crippen LogP contribution in [0.15, 0.2) is 18.2 Å². The molecule has 0 aliphatic carbocycles. The fraction of sp³-hybridized carbons (Fsp3) is 0.462. The van der Waals surface area contributed by atoms with Gasteiger partial charge in [-0.3, -0.25) is 4.79 Å². The molecule has 0 saturated carbocycles. The van der Waals surface area contributed by atoms with Crippen molar-refractivity contribution < 1.29 is 4.79 Å². The van der Waals surface area contributed by atoms with Crippen molar-refractivity contribution in [1.29, 1.82) is 0 Å². The second kappa shape index (κ2) is 5.08. The van der Waals surface area contributed by atoms with Gasteiger partial charge in [-0.15, -0.1) is 0 Å². The summed E-state index contributed by atoms with van der Waals surface area (Å²) in [5.41, 5.74) is 13.5. The van der Waals surface area contributed by atoms with Gasteiger partial charge in [0.1, 0.15) is 0 Å². The Labute approximate surface area is 102 Å². The molecule has 1 fully saturated rings. The number of hydrogen-bond acceptors (Lipinski definition) is 3. The molecule has 1 aliphatic heterocycles. The third-order valence-electron chi connectivity index (χ3n) is 3.26. The molecule has 2 rings (SSSR count). The third kappa shape index (κ3) is 2.70. The molecule has 92 valence electrons. The minimum absolute atomic E-state index is 0.402. The summed E-state index contributed by atoms with van der Waals surface area (Å²) in [5.74, 6) is -0.402. The minimum atomic E-state index is -0.402. The molecule has 1 aromatic carbocycles. The Morgan fingerprint density at radius 2 is 1.76 bits per heavy atom. The summed E-state index contributed by atoms with van der Waals surface area (Å²) in [6, 6.07) is 5.25. The molecule has 0 bridgehead atoms. The number of nitrogens with two attached hydrogens (primary N) is 2. The smallest absolute Gasteiger partial charge is 0.248 e. The van der Waals surface area contributed by atoms with Crippen LogP contribution in [0.5, 0.6) is 0 Å². The molecule has 1 amide bonds. The number of hydrogen-bond donors (Lipinski definition) is 2. The van der Waals surface area contributed by atoms with Crippen LogP contribution in [0, 0.1) is 0 Å². The number of nitrogen functional groups attached to an aromatic ring is 1. The molecule has 0 atom stereocenters. The highest BCUT2D eigenvalue weighted by Crippen LogP contribution is 2.26. The predicted molar refractivity (Wildman–Crippen MR) is 70.1 cm³/mol. The quantitative estimate of drug-likeness (QED) is 0.764. The van der Waals surface area contributed by atoms with Crippen molar-refractivity contribution in [3.8, 4) is 0 Å². The van der Waals surface area contributed by atoms with Crippen LogP contribution in [-0.2, 0) is 0 Å². The molecule has 1 saturated heterocycles. The second-order valence-corrected chi connectivity index (χ2v) is 4.54. The standard InChI is InChI=1S/C13H19N3O/c14-11-6-5-10(13(15)17)9-12(11)16-7-3-1-2-4-8-16/h5-6,9H,1-4,7-8,14H2,(H2,15,17). The van der Waals surface area contributed by atoms with Gasteiger partial charge < -0.3 is 16.4 Å². The van der Waals surface area contributed by atoms with Gasteiger partial charge in [0.2, 0.25) is 5.91 Å². The number of carbonyl (C=O) groups is 1. The summed E-state index contributed by atoms with van der Waals surface area (Å²) < 4.78 is 0. The maximum atomic E-state index is 11.2. The van der Waals surface area contributed by atoms with Gasteiger partial charge in [0.25, 0.3) is 0 Å². The van der Waals surface area contributed by atoms with E-state index in [4.69, 9.17) is 11.5 Å². The van der Waals surface area contributed by atoms with Gasteiger partial charge in [0.05, 0.1) is 11.4 Å². The lowest BCUT2D eigenvalue weighted by molar-refractivity contribution is 0.100. The summed E-state index contributed by atoms with van der Waals surface area (Å²) in [6.07, 6.45) is 4.90.